The first-order chi connectivity index (χ1) is 8.30. The number of amides is 2. The SMILES string of the molecule is CN(C)CC(C)(O)CNC(=O)C1CNC(=O)CN1. The molecule has 1 saturated heterocycles. The molecular formula is C11H22N4O3. The third-order valence-electron chi connectivity index (χ3n) is 2.63. The largest absolute Gasteiger partial charge is 0.387 e. The molecule has 0 spiro atoms. The highest BCUT2D eigenvalue weighted by molar-refractivity contribution is 5.86. The van der Waals surface area contributed by atoms with Gasteiger partial charge in [0.1, 0.15) is 6.04 Å². The summed E-state index contributed by atoms with van der Waals surface area (Å²) in [6.07, 6.45) is 0. The van der Waals surface area contributed by atoms with Gasteiger partial charge >= 0.3 is 0 Å². The van der Waals surface area contributed by atoms with E-state index in [-0.39, 0.29) is 31.4 Å². The second kappa shape index (κ2) is 6.12. The predicted octanol–water partition coefficient (Wildman–Crippen LogP) is -2.50. The molecule has 1 rings (SSSR count). The molecule has 0 radical (unpaired) electrons. The maximum Gasteiger partial charge on any atom is 0.239 e. The van der Waals surface area contributed by atoms with Crippen LogP contribution in [-0.4, -0.2) is 73.7 Å². The van der Waals surface area contributed by atoms with Crippen molar-refractivity contribution in [2.75, 3.05) is 40.3 Å². The van der Waals surface area contributed by atoms with Crippen molar-refractivity contribution in [1.29, 1.82) is 0 Å². The number of rotatable bonds is 5. The van der Waals surface area contributed by atoms with Crippen molar-refractivity contribution < 1.29 is 14.7 Å². The third kappa shape index (κ3) is 4.99. The molecule has 7 nitrogen and oxygen atoms in total. The minimum atomic E-state index is -0.975. The Labute approximate surface area is 107 Å². The van der Waals surface area contributed by atoms with E-state index >= 15 is 0 Å². The Morgan fingerprint density at radius 3 is 2.78 bits per heavy atom. The van der Waals surface area contributed by atoms with Crippen LogP contribution >= 0.6 is 0 Å². The van der Waals surface area contributed by atoms with E-state index in [1.807, 2.05) is 19.0 Å². The third-order valence-corrected chi connectivity index (χ3v) is 2.63. The van der Waals surface area contributed by atoms with Gasteiger partial charge in [-0.2, -0.15) is 0 Å². The molecule has 2 unspecified atom stereocenters. The molecule has 0 aromatic rings. The smallest absolute Gasteiger partial charge is 0.239 e. The molecule has 4 N–H and O–H groups in total. The van der Waals surface area contributed by atoms with Gasteiger partial charge in [-0.3, -0.25) is 14.9 Å². The second-order valence-electron chi connectivity index (χ2n) is 5.19. The number of nitrogens with one attached hydrogen (secondary N) is 3. The molecule has 2 atom stereocenters. The number of likely N-dealkylation sites (N-methyl/N-ethyl adjacent to an activating group) is 1. The van der Waals surface area contributed by atoms with Gasteiger partial charge in [0.2, 0.25) is 11.8 Å². The number of hydrogen-bond acceptors (Lipinski definition) is 5. The van der Waals surface area contributed by atoms with Crippen molar-refractivity contribution in [3.63, 3.8) is 0 Å². The normalized spacial score (nSPS) is 23.4. The fourth-order valence-corrected chi connectivity index (χ4v) is 1.89. The Morgan fingerprint density at radius 2 is 2.28 bits per heavy atom. The zero-order valence-electron chi connectivity index (χ0n) is 11.1. The van der Waals surface area contributed by atoms with Gasteiger partial charge in [0, 0.05) is 19.6 Å². The van der Waals surface area contributed by atoms with Crippen LogP contribution in [-0.2, 0) is 9.59 Å². The summed E-state index contributed by atoms with van der Waals surface area (Å²) >= 11 is 0. The van der Waals surface area contributed by atoms with Crippen molar-refractivity contribution in [3.05, 3.63) is 0 Å². The van der Waals surface area contributed by atoms with Crippen LogP contribution in [0.1, 0.15) is 6.92 Å². The van der Waals surface area contributed by atoms with Gasteiger partial charge in [-0.05, 0) is 21.0 Å². The molecule has 7 heteroatoms. The van der Waals surface area contributed by atoms with Gasteiger partial charge in [0.05, 0.1) is 12.1 Å². The summed E-state index contributed by atoms with van der Waals surface area (Å²) in [4.78, 5) is 24.6. The van der Waals surface area contributed by atoms with E-state index in [4.69, 9.17) is 0 Å². The average Bonchev–Trinajstić information content (AvgIpc) is 2.25. The molecule has 1 aliphatic heterocycles. The first-order valence-corrected chi connectivity index (χ1v) is 5.95. The van der Waals surface area contributed by atoms with Crippen LogP contribution in [0.25, 0.3) is 0 Å². The fourth-order valence-electron chi connectivity index (χ4n) is 1.89. The highest BCUT2D eigenvalue weighted by atomic mass is 16.3. The number of carbonyl (C=O) groups is 2. The summed E-state index contributed by atoms with van der Waals surface area (Å²) < 4.78 is 0. The van der Waals surface area contributed by atoms with Crippen molar-refractivity contribution in [1.82, 2.24) is 20.9 Å². The topological polar surface area (TPSA) is 93.7 Å². The van der Waals surface area contributed by atoms with Gasteiger partial charge in [-0.25, -0.2) is 0 Å². The van der Waals surface area contributed by atoms with Crippen LogP contribution in [0.2, 0.25) is 0 Å². The molecule has 0 saturated carbocycles. The Bertz CT molecular complexity index is 307. The lowest BCUT2D eigenvalue weighted by atomic mass is 10.1. The van der Waals surface area contributed by atoms with Crippen LogP contribution in [0.3, 0.4) is 0 Å². The summed E-state index contributed by atoms with van der Waals surface area (Å²) in [6.45, 7) is 2.73. The maximum absolute atomic E-state index is 11.8. The van der Waals surface area contributed by atoms with E-state index in [2.05, 4.69) is 16.0 Å². The summed E-state index contributed by atoms with van der Waals surface area (Å²) in [6, 6.07) is -0.433. The summed E-state index contributed by atoms with van der Waals surface area (Å²) in [5.41, 5.74) is -0.975. The second-order valence-corrected chi connectivity index (χ2v) is 5.19. The van der Waals surface area contributed by atoms with Gasteiger partial charge in [0.15, 0.2) is 0 Å². The van der Waals surface area contributed by atoms with E-state index in [1.165, 1.54) is 0 Å². The van der Waals surface area contributed by atoms with E-state index in [0.29, 0.717) is 6.54 Å². The molecule has 0 aromatic heterocycles. The van der Waals surface area contributed by atoms with E-state index in [9.17, 15) is 14.7 Å². The summed E-state index contributed by atoms with van der Waals surface area (Å²) in [5, 5.41) is 18.1. The van der Waals surface area contributed by atoms with Crippen molar-refractivity contribution in [2.45, 2.75) is 18.6 Å². The number of carbonyl (C=O) groups excluding carboxylic acids is 2. The van der Waals surface area contributed by atoms with E-state index < -0.39 is 11.6 Å². The summed E-state index contributed by atoms with van der Waals surface area (Å²) in [7, 11) is 3.71. The highest BCUT2D eigenvalue weighted by Crippen LogP contribution is 2.02. The molecule has 1 heterocycles. The zero-order valence-corrected chi connectivity index (χ0v) is 11.1. The van der Waals surface area contributed by atoms with Gasteiger partial charge in [0.25, 0.3) is 0 Å². The van der Waals surface area contributed by atoms with Crippen LogP contribution in [0.5, 0.6) is 0 Å². The maximum atomic E-state index is 11.8. The van der Waals surface area contributed by atoms with Crippen LogP contribution in [0, 0.1) is 0 Å². The first-order valence-electron chi connectivity index (χ1n) is 5.95. The van der Waals surface area contributed by atoms with Crippen molar-refractivity contribution in [3.8, 4) is 0 Å². The molecule has 0 bridgehead atoms. The highest BCUT2D eigenvalue weighted by Gasteiger charge is 2.27. The lowest BCUT2D eigenvalue weighted by Crippen LogP contribution is -2.59. The van der Waals surface area contributed by atoms with Gasteiger partial charge in [-0.1, -0.05) is 0 Å². The molecule has 18 heavy (non-hydrogen) atoms. The number of piperazine rings is 1. The van der Waals surface area contributed by atoms with Crippen molar-refractivity contribution >= 4 is 11.8 Å². The quantitative estimate of drug-likeness (QED) is 0.437. The van der Waals surface area contributed by atoms with Gasteiger partial charge in [-0.15, -0.1) is 0 Å². The lowest BCUT2D eigenvalue weighted by Gasteiger charge is -2.29. The molecule has 0 aromatic carbocycles. The van der Waals surface area contributed by atoms with E-state index in [1.54, 1.807) is 6.92 Å². The van der Waals surface area contributed by atoms with Crippen LogP contribution in [0.15, 0.2) is 0 Å². The fraction of sp³-hybridized carbons (Fsp3) is 0.818. The predicted molar refractivity (Wildman–Crippen MR) is 67.0 cm³/mol. The Morgan fingerprint density at radius 1 is 1.61 bits per heavy atom. The Hall–Kier alpha value is -1.18. The molecule has 2 amide bonds. The van der Waals surface area contributed by atoms with E-state index in [0.717, 1.165) is 0 Å². The van der Waals surface area contributed by atoms with Crippen molar-refractivity contribution in [2.24, 2.45) is 0 Å². The number of nitrogens with zero attached hydrogens (tertiary/aromatic N) is 1. The molecule has 0 aliphatic carbocycles. The Balaban J connectivity index is 2.34. The molecule has 1 aliphatic rings. The number of hydrogen-bond donors (Lipinski definition) is 4. The zero-order chi connectivity index (χ0) is 13.8. The Kier molecular flexibility index (Phi) is 5.06. The van der Waals surface area contributed by atoms with Gasteiger partial charge < -0.3 is 20.6 Å². The molecule has 1 fully saturated rings. The molecular weight excluding hydrogens is 236 g/mol. The minimum Gasteiger partial charge on any atom is -0.387 e. The van der Waals surface area contributed by atoms with Crippen LogP contribution in [0.4, 0.5) is 0 Å². The summed E-state index contributed by atoms with van der Waals surface area (Å²) in [5.74, 6) is -0.326. The number of aliphatic hydroxyl groups is 1. The first kappa shape index (κ1) is 14.9. The minimum absolute atomic E-state index is 0.112. The standard InChI is InChI=1S/C11H22N4O3/c1-11(18,7-15(2)3)6-14-10(17)8-4-13-9(16)5-12-8/h8,12,18H,4-7H2,1-3H3,(H,13,16)(H,14,17). The lowest BCUT2D eigenvalue weighted by molar-refractivity contribution is -0.127. The van der Waals surface area contributed by atoms with Crippen LogP contribution < -0.4 is 16.0 Å². The monoisotopic (exact) mass is 258 g/mol. The molecule has 104 valence electrons. The average molecular weight is 258 g/mol.